The molecule has 0 bridgehead atoms. The summed E-state index contributed by atoms with van der Waals surface area (Å²) in [7, 11) is 1.33. The minimum atomic E-state index is -1.74. The van der Waals surface area contributed by atoms with Crippen molar-refractivity contribution < 1.29 is 43.2 Å². The number of hydrogen-bond donors (Lipinski definition) is 1. The van der Waals surface area contributed by atoms with Crippen molar-refractivity contribution >= 4 is 33.8 Å². The number of rotatable bonds is 7. The molecule has 1 N–H and O–H groups in total. The number of halogens is 1. The van der Waals surface area contributed by atoms with Crippen LogP contribution in [0.25, 0.3) is 0 Å². The molecule has 0 amide bonds. The van der Waals surface area contributed by atoms with E-state index in [1.807, 2.05) is 12.1 Å². The maximum atomic E-state index is 11.9. The predicted molar refractivity (Wildman–Crippen MR) is 106 cm³/mol. The Morgan fingerprint density at radius 3 is 1.97 bits per heavy atom. The summed E-state index contributed by atoms with van der Waals surface area (Å²) in [6.07, 6.45) is -4.98. The van der Waals surface area contributed by atoms with E-state index in [2.05, 4.69) is 15.9 Å². The molecule has 0 aromatic heterocycles. The molecule has 1 aliphatic heterocycles. The number of esters is 3. The number of aliphatic hydroxyl groups excluding tert-OH is 1. The zero-order valence-electron chi connectivity index (χ0n) is 17.1. The highest BCUT2D eigenvalue weighted by Gasteiger charge is 2.61. The van der Waals surface area contributed by atoms with Gasteiger partial charge in [0.1, 0.15) is 6.10 Å². The van der Waals surface area contributed by atoms with Crippen LogP contribution < -0.4 is 0 Å². The minimum Gasteiger partial charge on any atom is -0.456 e. The number of methoxy groups -OCH3 is 1. The first-order valence-electron chi connectivity index (χ1n) is 9.19. The largest absolute Gasteiger partial charge is 0.456 e. The molecule has 0 spiro atoms. The lowest BCUT2D eigenvalue weighted by atomic mass is 9.87. The van der Waals surface area contributed by atoms with Crippen LogP contribution in [0.3, 0.4) is 0 Å². The third kappa shape index (κ3) is 5.18. The molecule has 0 aliphatic carbocycles. The van der Waals surface area contributed by atoms with Crippen molar-refractivity contribution in [2.45, 2.75) is 56.3 Å². The number of carbonyl (C=O) groups excluding carboxylic acids is 3. The maximum Gasteiger partial charge on any atom is 0.303 e. The van der Waals surface area contributed by atoms with E-state index in [4.69, 9.17) is 23.7 Å². The van der Waals surface area contributed by atoms with Gasteiger partial charge >= 0.3 is 17.9 Å². The van der Waals surface area contributed by atoms with Crippen molar-refractivity contribution in [3.8, 4) is 0 Å². The quantitative estimate of drug-likeness (QED) is 0.346. The zero-order valence-corrected chi connectivity index (χ0v) is 18.7. The topological polar surface area (TPSA) is 118 Å². The molecule has 1 aromatic carbocycles. The van der Waals surface area contributed by atoms with E-state index in [9.17, 15) is 19.5 Å². The Morgan fingerprint density at radius 1 is 1.00 bits per heavy atom. The van der Waals surface area contributed by atoms with Crippen LogP contribution >= 0.6 is 15.9 Å². The van der Waals surface area contributed by atoms with Gasteiger partial charge in [-0.25, -0.2) is 0 Å². The molecular formula is C20H25BrO9. The molecule has 1 aliphatic rings. The Hall–Kier alpha value is -2.01. The van der Waals surface area contributed by atoms with E-state index in [1.165, 1.54) is 21.0 Å². The van der Waals surface area contributed by atoms with Gasteiger partial charge in [-0.2, -0.15) is 0 Å². The standard InChI is InChI=1S/C20H25BrO9/c1-11(23)27-17-16(10-22)30-20(26-4,15-7-5-14(9-21)6-8-15)19(29-13(3)25)18(17)28-12(2)24/h5-8,16-19,22H,9-10H2,1-4H3/t16-,17-,18+,19-,20-/m1/s1. The highest BCUT2D eigenvalue weighted by molar-refractivity contribution is 9.08. The minimum absolute atomic E-state index is 0.456. The summed E-state index contributed by atoms with van der Waals surface area (Å²) >= 11 is 3.37. The second kappa shape index (κ2) is 10.3. The molecule has 0 unspecified atom stereocenters. The predicted octanol–water partition coefficient (Wildman–Crippen LogP) is 1.57. The average Bonchev–Trinajstić information content (AvgIpc) is 2.70. The number of carbonyl (C=O) groups is 3. The first kappa shape index (κ1) is 24.3. The molecule has 30 heavy (non-hydrogen) atoms. The molecule has 9 nitrogen and oxygen atoms in total. The van der Waals surface area contributed by atoms with Crippen LogP contribution in [-0.2, 0) is 49.2 Å². The maximum absolute atomic E-state index is 11.9. The van der Waals surface area contributed by atoms with Gasteiger partial charge in [-0.1, -0.05) is 40.2 Å². The van der Waals surface area contributed by atoms with Crippen LogP contribution in [0.4, 0.5) is 0 Å². The lowest BCUT2D eigenvalue weighted by Gasteiger charge is -2.50. The van der Waals surface area contributed by atoms with Gasteiger partial charge in [0.05, 0.1) is 6.61 Å². The lowest BCUT2D eigenvalue weighted by molar-refractivity contribution is -0.367. The summed E-state index contributed by atoms with van der Waals surface area (Å²) < 4.78 is 27.9. The molecule has 0 saturated carbocycles. The van der Waals surface area contributed by atoms with Gasteiger partial charge in [0.25, 0.3) is 0 Å². The summed E-state index contributed by atoms with van der Waals surface area (Å²) in [4.78, 5) is 35.4. The third-order valence-corrected chi connectivity index (χ3v) is 5.23. The summed E-state index contributed by atoms with van der Waals surface area (Å²) in [5, 5.41) is 10.5. The van der Waals surface area contributed by atoms with Crippen molar-refractivity contribution in [1.29, 1.82) is 0 Å². The van der Waals surface area contributed by atoms with Crippen molar-refractivity contribution in [2.75, 3.05) is 13.7 Å². The Bertz CT molecular complexity index is 766. The summed E-state index contributed by atoms with van der Waals surface area (Å²) in [6.45, 7) is 2.93. The second-order valence-corrected chi connectivity index (χ2v) is 7.28. The highest BCUT2D eigenvalue weighted by atomic mass is 79.9. The molecule has 1 fully saturated rings. The third-order valence-electron chi connectivity index (χ3n) is 4.58. The fourth-order valence-corrected chi connectivity index (χ4v) is 3.79. The molecule has 1 saturated heterocycles. The van der Waals surface area contributed by atoms with Crippen LogP contribution in [0.1, 0.15) is 31.9 Å². The zero-order chi connectivity index (χ0) is 22.5. The lowest BCUT2D eigenvalue weighted by Crippen LogP contribution is -2.67. The Labute approximate surface area is 182 Å². The summed E-state index contributed by atoms with van der Waals surface area (Å²) in [5.74, 6) is -3.82. The van der Waals surface area contributed by atoms with Crippen LogP contribution in [0.5, 0.6) is 0 Å². The first-order valence-corrected chi connectivity index (χ1v) is 10.3. The average molecular weight is 489 g/mol. The Morgan fingerprint density at radius 2 is 1.53 bits per heavy atom. The molecule has 5 atom stereocenters. The van der Waals surface area contributed by atoms with Gasteiger partial charge in [0, 0.05) is 38.8 Å². The monoisotopic (exact) mass is 488 g/mol. The Kier molecular flexibility index (Phi) is 8.36. The van der Waals surface area contributed by atoms with Gasteiger partial charge in [0.15, 0.2) is 12.2 Å². The second-order valence-electron chi connectivity index (χ2n) is 6.72. The van der Waals surface area contributed by atoms with E-state index in [0.29, 0.717) is 10.9 Å². The normalized spacial score (nSPS) is 28.5. The molecular weight excluding hydrogens is 464 g/mol. The fraction of sp³-hybridized carbons (Fsp3) is 0.550. The number of ether oxygens (including phenoxy) is 5. The molecule has 10 heteroatoms. The Balaban J connectivity index is 2.66. The molecule has 166 valence electrons. The van der Waals surface area contributed by atoms with Gasteiger partial charge in [-0.15, -0.1) is 0 Å². The fourth-order valence-electron chi connectivity index (χ4n) is 3.42. The van der Waals surface area contributed by atoms with E-state index >= 15 is 0 Å². The SMILES string of the molecule is CO[C@]1(c2ccc(CBr)cc2)O[C@H](CO)[C@@H](OC(C)=O)[C@H](OC(C)=O)[C@H]1OC(C)=O. The molecule has 2 rings (SSSR count). The van der Waals surface area contributed by atoms with Crippen LogP contribution in [0.15, 0.2) is 24.3 Å². The molecule has 0 radical (unpaired) electrons. The van der Waals surface area contributed by atoms with E-state index in [-0.39, 0.29) is 0 Å². The van der Waals surface area contributed by atoms with Crippen molar-refractivity contribution in [1.82, 2.24) is 0 Å². The van der Waals surface area contributed by atoms with E-state index < -0.39 is 54.7 Å². The van der Waals surface area contributed by atoms with Gasteiger partial charge in [-0.05, 0) is 5.56 Å². The number of benzene rings is 1. The van der Waals surface area contributed by atoms with Gasteiger partial charge in [-0.3, -0.25) is 14.4 Å². The van der Waals surface area contributed by atoms with Crippen LogP contribution in [-0.4, -0.2) is 61.1 Å². The van der Waals surface area contributed by atoms with E-state index in [0.717, 1.165) is 12.5 Å². The highest BCUT2D eigenvalue weighted by Crippen LogP contribution is 2.43. The number of aliphatic hydroxyl groups is 1. The number of hydrogen-bond acceptors (Lipinski definition) is 9. The molecule has 1 heterocycles. The van der Waals surface area contributed by atoms with Crippen molar-refractivity contribution in [2.24, 2.45) is 0 Å². The summed E-state index contributed by atoms with van der Waals surface area (Å²) in [5.41, 5.74) is 1.43. The van der Waals surface area contributed by atoms with Crippen LogP contribution in [0.2, 0.25) is 0 Å². The van der Waals surface area contributed by atoms with Gasteiger partial charge < -0.3 is 28.8 Å². The van der Waals surface area contributed by atoms with Crippen molar-refractivity contribution in [3.63, 3.8) is 0 Å². The van der Waals surface area contributed by atoms with Gasteiger partial charge in [0.2, 0.25) is 11.9 Å². The van der Waals surface area contributed by atoms with E-state index in [1.54, 1.807) is 12.1 Å². The van der Waals surface area contributed by atoms with Crippen LogP contribution in [0, 0.1) is 0 Å². The first-order chi connectivity index (χ1) is 14.2. The van der Waals surface area contributed by atoms with Crippen molar-refractivity contribution in [3.05, 3.63) is 35.4 Å². The summed E-state index contributed by atoms with van der Waals surface area (Å²) in [6, 6.07) is 7.04. The molecule has 1 aromatic rings. The smallest absolute Gasteiger partial charge is 0.303 e. The number of alkyl halides is 1.